The Hall–Kier alpha value is -0.820. The Bertz CT molecular complexity index is 568. The third-order valence-corrected chi connectivity index (χ3v) is 6.58. The van der Waals surface area contributed by atoms with E-state index in [1.54, 1.807) is 0 Å². The number of hydrogen-bond donors (Lipinski definition) is 1. The van der Waals surface area contributed by atoms with Gasteiger partial charge in [-0.3, -0.25) is 4.99 Å². The second kappa shape index (κ2) is 9.40. The molecular formula is C19H38N4O2S. The number of piperidine rings is 1. The highest BCUT2D eigenvalue weighted by Gasteiger charge is 2.28. The highest BCUT2D eigenvalue weighted by Crippen LogP contribution is 2.22. The summed E-state index contributed by atoms with van der Waals surface area (Å²) in [5.41, 5.74) is -0.0774. The fraction of sp³-hybridized carbons (Fsp3) is 0.947. The predicted molar refractivity (Wildman–Crippen MR) is 109 cm³/mol. The molecule has 0 spiro atoms. The van der Waals surface area contributed by atoms with Gasteiger partial charge in [-0.2, -0.15) is 0 Å². The van der Waals surface area contributed by atoms with Gasteiger partial charge in [-0.25, -0.2) is 8.42 Å². The fourth-order valence-corrected chi connectivity index (χ4v) is 4.81. The van der Waals surface area contributed by atoms with Gasteiger partial charge in [-0.15, -0.1) is 0 Å². The summed E-state index contributed by atoms with van der Waals surface area (Å²) in [6.45, 7) is 10.8. The first-order valence-electron chi connectivity index (χ1n) is 10.0. The molecule has 0 aromatic heterocycles. The second-order valence-electron chi connectivity index (χ2n) is 8.91. The molecule has 0 radical (unpaired) electrons. The van der Waals surface area contributed by atoms with E-state index in [4.69, 9.17) is 0 Å². The maximum atomic E-state index is 11.4. The van der Waals surface area contributed by atoms with Gasteiger partial charge < -0.3 is 15.1 Å². The van der Waals surface area contributed by atoms with E-state index in [1.165, 1.54) is 51.6 Å². The van der Waals surface area contributed by atoms with E-state index in [0.717, 1.165) is 31.5 Å². The third kappa shape index (κ3) is 7.43. The van der Waals surface area contributed by atoms with Gasteiger partial charge in [0.1, 0.15) is 9.84 Å². The molecule has 0 aliphatic carbocycles. The highest BCUT2D eigenvalue weighted by molar-refractivity contribution is 7.90. The molecule has 0 amide bonds. The first-order valence-corrected chi connectivity index (χ1v) is 12.1. The molecule has 2 aliphatic rings. The molecule has 1 atom stereocenters. The number of aliphatic imine (C=N–C) groups is 1. The average Bonchev–Trinajstić information content (AvgIpc) is 3.02. The summed E-state index contributed by atoms with van der Waals surface area (Å²) in [5, 5.41) is 3.48. The molecule has 1 unspecified atom stereocenters. The summed E-state index contributed by atoms with van der Waals surface area (Å²) < 4.78 is 22.8. The zero-order chi connectivity index (χ0) is 19.2. The average molecular weight is 387 g/mol. The van der Waals surface area contributed by atoms with Crippen molar-refractivity contribution in [1.82, 2.24) is 15.1 Å². The van der Waals surface area contributed by atoms with Gasteiger partial charge in [0, 0.05) is 39.5 Å². The topological polar surface area (TPSA) is 65.0 Å². The van der Waals surface area contributed by atoms with Crippen molar-refractivity contribution in [1.29, 1.82) is 0 Å². The van der Waals surface area contributed by atoms with Gasteiger partial charge >= 0.3 is 0 Å². The minimum atomic E-state index is -2.91. The van der Waals surface area contributed by atoms with Gasteiger partial charge in [0.15, 0.2) is 5.96 Å². The molecular weight excluding hydrogens is 348 g/mol. The number of likely N-dealkylation sites (tertiary alicyclic amines) is 2. The molecule has 26 heavy (non-hydrogen) atoms. The smallest absolute Gasteiger partial charge is 0.193 e. The summed E-state index contributed by atoms with van der Waals surface area (Å²) in [7, 11) is -1.07. The number of sulfone groups is 1. The van der Waals surface area contributed by atoms with Crippen molar-refractivity contribution in [3.05, 3.63) is 0 Å². The van der Waals surface area contributed by atoms with E-state index in [1.807, 2.05) is 7.05 Å². The molecule has 152 valence electrons. The van der Waals surface area contributed by atoms with E-state index in [2.05, 4.69) is 34.0 Å². The van der Waals surface area contributed by atoms with Crippen LogP contribution in [0.3, 0.4) is 0 Å². The lowest BCUT2D eigenvalue weighted by Crippen LogP contribution is -2.44. The van der Waals surface area contributed by atoms with Crippen molar-refractivity contribution in [3.8, 4) is 0 Å². The first kappa shape index (κ1) is 21.5. The lowest BCUT2D eigenvalue weighted by atomic mass is 9.90. The summed E-state index contributed by atoms with van der Waals surface area (Å²) in [6.07, 6.45) is 7.29. The zero-order valence-corrected chi connectivity index (χ0v) is 17.9. The second-order valence-corrected chi connectivity index (χ2v) is 11.2. The number of nitrogens with one attached hydrogen (secondary N) is 1. The maximum absolute atomic E-state index is 11.4. The van der Waals surface area contributed by atoms with Crippen LogP contribution in [0.1, 0.15) is 46.0 Å². The summed E-state index contributed by atoms with van der Waals surface area (Å²) in [6, 6.07) is 0. The lowest BCUT2D eigenvalue weighted by Gasteiger charge is -2.30. The molecule has 6 nitrogen and oxygen atoms in total. The molecule has 0 aromatic carbocycles. The maximum Gasteiger partial charge on any atom is 0.193 e. The minimum absolute atomic E-state index is 0.0774. The quantitative estimate of drug-likeness (QED) is 0.534. The van der Waals surface area contributed by atoms with Crippen molar-refractivity contribution >= 4 is 15.8 Å². The van der Waals surface area contributed by atoms with Crippen molar-refractivity contribution in [2.45, 2.75) is 46.0 Å². The van der Waals surface area contributed by atoms with E-state index in [-0.39, 0.29) is 11.2 Å². The third-order valence-electron chi connectivity index (χ3n) is 5.64. The van der Waals surface area contributed by atoms with Crippen LogP contribution in [0.4, 0.5) is 0 Å². The number of nitrogens with zero attached hydrogens (tertiary/aromatic N) is 3. The summed E-state index contributed by atoms with van der Waals surface area (Å²) in [4.78, 5) is 9.45. The van der Waals surface area contributed by atoms with Crippen LogP contribution in [0.25, 0.3) is 0 Å². The van der Waals surface area contributed by atoms with E-state index in [0.29, 0.717) is 6.42 Å². The van der Waals surface area contributed by atoms with Crippen LogP contribution in [-0.2, 0) is 9.84 Å². The van der Waals surface area contributed by atoms with Crippen LogP contribution in [0.15, 0.2) is 4.99 Å². The molecule has 2 saturated heterocycles. The molecule has 0 saturated carbocycles. The van der Waals surface area contributed by atoms with Gasteiger partial charge in [-0.1, -0.05) is 20.3 Å². The Morgan fingerprint density at radius 1 is 1.19 bits per heavy atom. The summed E-state index contributed by atoms with van der Waals surface area (Å²) in [5.74, 6) is 1.92. The fourth-order valence-electron chi connectivity index (χ4n) is 3.88. The molecule has 2 rings (SSSR count). The highest BCUT2D eigenvalue weighted by atomic mass is 32.2. The molecule has 7 heteroatoms. The molecule has 0 aromatic rings. The predicted octanol–water partition coefficient (Wildman–Crippen LogP) is 1.83. The van der Waals surface area contributed by atoms with Crippen molar-refractivity contribution < 1.29 is 8.42 Å². The van der Waals surface area contributed by atoms with Gasteiger partial charge in [0.2, 0.25) is 0 Å². The number of hydrogen-bond acceptors (Lipinski definition) is 4. The summed E-state index contributed by atoms with van der Waals surface area (Å²) >= 11 is 0. The van der Waals surface area contributed by atoms with Gasteiger partial charge in [0.05, 0.1) is 5.75 Å². The minimum Gasteiger partial charge on any atom is -0.356 e. The van der Waals surface area contributed by atoms with Gasteiger partial charge in [-0.05, 0) is 50.1 Å². The largest absolute Gasteiger partial charge is 0.356 e. The van der Waals surface area contributed by atoms with E-state index < -0.39 is 9.84 Å². The molecule has 1 N–H and O–H groups in total. The number of guanidine groups is 1. The Labute approximate surface area is 160 Å². The van der Waals surface area contributed by atoms with Crippen molar-refractivity contribution in [3.63, 3.8) is 0 Å². The Morgan fingerprint density at radius 2 is 1.88 bits per heavy atom. The van der Waals surface area contributed by atoms with Gasteiger partial charge in [0.25, 0.3) is 0 Å². The van der Waals surface area contributed by atoms with E-state index in [9.17, 15) is 8.42 Å². The standard InChI is InChI=1S/C19H38N4O2S/c1-19(2,9-13-26(4,24)25)16-21-18(20-3)23-12-8-17(15-23)14-22-10-6-5-7-11-22/h17H,5-16H2,1-4H3,(H,20,21). The van der Waals surface area contributed by atoms with Crippen molar-refractivity contribution in [2.24, 2.45) is 16.3 Å². The van der Waals surface area contributed by atoms with Crippen LogP contribution in [0.2, 0.25) is 0 Å². The van der Waals surface area contributed by atoms with Crippen LogP contribution in [-0.4, -0.2) is 82.5 Å². The molecule has 2 heterocycles. The zero-order valence-electron chi connectivity index (χ0n) is 17.1. The molecule has 2 aliphatic heterocycles. The van der Waals surface area contributed by atoms with Crippen LogP contribution < -0.4 is 5.32 Å². The Kier molecular flexibility index (Phi) is 7.76. The Morgan fingerprint density at radius 3 is 2.50 bits per heavy atom. The number of rotatable bonds is 7. The Balaban J connectivity index is 1.77. The van der Waals surface area contributed by atoms with Crippen LogP contribution >= 0.6 is 0 Å². The molecule has 2 fully saturated rings. The van der Waals surface area contributed by atoms with Crippen LogP contribution in [0.5, 0.6) is 0 Å². The normalized spacial score (nSPS) is 23.5. The van der Waals surface area contributed by atoms with E-state index >= 15 is 0 Å². The van der Waals surface area contributed by atoms with Crippen LogP contribution in [0, 0.1) is 11.3 Å². The SMILES string of the molecule is CN=C(NCC(C)(C)CCS(C)(=O)=O)N1CCC(CN2CCCCC2)C1. The lowest BCUT2D eigenvalue weighted by molar-refractivity contribution is 0.198. The van der Waals surface area contributed by atoms with Crippen molar-refractivity contribution in [2.75, 3.05) is 58.3 Å². The first-order chi connectivity index (χ1) is 12.2. The monoisotopic (exact) mass is 386 g/mol. The molecule has 0 bridgehead atoms.